The standard InChI is InChI=1S/C19H14N2.C10H14BN4.Pt/c1-3-9-16(10-4-1)20-15-21(17-11-5-2-6-12-17)19-14-8-7-13-18(19)20;1-7-5-9(3)14(12-7)11-15-10(4)6-8(2)13-15;/h1-11,13-15H;5-6H,1-4H3;/q-2;;+2. The number of hydrogen-bond donors (Lipinski definition) is 0. The zero-order valence-corrected chi connectivity index (χ0v) is 23.6. The SMILES string of the molecule is Cc1cc(C)n([B]n2nc(C)cc2C)n1.[Pt+2].[c-]1ccccc1N1[CH-]N(c2ccccc2)c2ccccc21. The van der Waals surface area contributed by atoms with E-state index in [9.17, 15) is 0 Å². The van der Waals surface area contributed by atoms with Crippen LogP contribution in [0, 0.1) is 40.4 Å². The van der Waals surface area contributed by atoms with Crippen molar-refractivity contribution in [3.63, 3.8) is 0 Å². The molecule has 2 aromatic heterocycles. The third-order valence-corrected chi connectivity index (χ3v) is 5.93. The molecule has 1 aliphatic rings. The molecule has 37 heavy (non-hydrogen) atoms. The van der Waals surface area contributed by atoms with Crippen LogP contribution < -0.4 is 9.80 Å². The summed E-state index contributed by atoms with van der Waals surface area (Å²) < 4.78 is 3.68. The minimum atomic E-state index is 0. The zero-order chi connectivity index (χ0) is 25.1. The van der Waals surface area contributed by atoms with E-state index in [0.29, 0.717) is 0 Å². The predicted molar refractivity (Wildman–Crippen MR) is 147 cm³/mol. The predicted octanol–water partition coefficient (Wildman–Crippen LogP) is 6.14. The summed E-state index contributed by atoms with van der Waals surface area (Å²) in [6.45, 7) is 10.1. The molecule has 6 nitrogen and oxygen atoms in total. The summed E-state index contributed by atoms with van der Waals surface area (Å²) in [4.78, 5) is 4.37. The molecule has 3 heterocycles. The number of fused-ring (bicyclic) bond motifs is 1. The summed E-state index contributed by atoms with van der Waals surface area (Å²) in [5.74, 6) is 0. The summed E-state index contributed by atoms with van der Waals surface area (Å²) in [7, 11) is 1.89. The smallest absolute Gasteiger partial charge is 0.493 e. The van der Waals surface area contributed by atoms with E-state index in [2.05, 4.69) is 87.3 Å². The number of hydrogen-bond acceptors (Lipinski definition) is 4. The van der Waals surface area contributed by atoms with E-state index >= 15 is 0 Å². The summed E-state index contributed by atoms with van der Waals surface area (Å²) in [5, 5.41) is 8.71. The molecule has 0 amide bonds. The number of aryl methyl sites for hydroxylation is 4. The molecular formula is C29H28BN6Pt. The monoisotopic (exact) mass is 666 g/mol. The van der Waals surface area contributed by atoms with Crippen molar-refractivity contribution in [2.75, 3.05) is 9.80 Å². The van der Waals surface area contributed by atoms with Crippen LogP contribution in [-0.2, 0) is 21.1 Å². The van der Waals surface area contributed by atoms with E-state index < -0.39 is 0 Å². The number of para-hydroxylation sites is 4. The van der Waals surface area contributed by atoms with E-state index in [0.717, 1.165) is 34.2 Å². The van der Waals surface area contributed by atoms with Gasteiger partial charge in [0.25, 0.3) is 0 Å². The Morgan fingerprint density at radius 2 is 1.22 bits per heavy atom. The Morgan fingerprint density at radius 1 is 0.676 bits per heavy atom. The second-order valence-corrected chi connectivity index (χ2v) is 8.79. The molecule has 0 saturated carbocycles. The van der Waals surface area contributed by atoms with Crippen LogP contribution in [-0.4, -0.2) is 26.9 Å². The fraction of sp³-hybridized carbons (Fsp3) is 0.138. The average molecular weight is 666 g/mol. The fourth-order valence-electron chi connectivity index (χ4n) is 4.26. The first-order valence-electron chi connectivity index (χ1n) is 11.9. The fourth-order valence-corrected chi connectivity index (χ4v) is 4.26. The van der Waals surface area contributed by atoms with Gasteiger partial charge in [-0.15, -0.1) is 12.4 Å². The molecule has 6 rings (SSSR count). The van der Waals surface area contributed by atoms with Crippen LogP contribution in [0.4, 0.5) is 22.7 Å². The van der Waals surface area contributed by atoms with Gasteiger partial charge in [0, 0.05) is 28.5 Å². The van der Waals surface area contributed by atoms with Crippen molar-refractivity contribution in [3.05, 3.63) is 127 Å². The van der Waals surface area contributed by atoms with Gasteiger partial charge in [-0.3, -0.25) is 9.19 Å². The van der Waals surface area contributed by atoms with Crippen molar-refractivity contribution >= 4 is 30.3 Å². The van der Waals surface area contributed by atoms with E-state index in [-0.39, 0.29) is 21.1 Å². The summed E-state index contributed by atoms with van der Waals surface area (Å²) >= 11 is 0. The largest absolute Gasteiger partial charge is 2.00 e. The number of rotatable bonds is 4. The van der Waals surface area contributed by atoms with Crippen molar-refractivity contribution in [1.82, 2.24) is 19.4 Å². The molecule has 1 aliphatic heterocycles. The molecular weight excluding hydrogens is 638 g/mol. The van der Waals surface area contributed by atoms with Crippen LogP contribution in [0.2, 0.25) is 0 Å². The number of anilines is 4. The number of aromatic nitrogens is 4. The molecule has 0 atom stereocenters. The van der Waals surface area contributed by atoms with Gasteiger partial charge in [0.15, 0.2) is 0 Å². The molecule has 3 aromatic carbocycles. The Morgan fingerprint density at radius 3 is 1.73 bits per heavy atom. The Labute approximate surface area is 234 Å². The molecule has 0 spiro atoms. The van der Waals surface area contributed by atoms with Gasteiger partial charge in [0.1, 0.15) is 0 Å². The van der Waals surface area contributed by atoms with Crippen LogP contribution >= 0.6 is 0 Å². The van der Waals surface area contributed by atoms with Gasteiger partial charge in [-0.05, 0) is 64.1 Å². The second kappa shape index (κ2) is 11.7. The van der Waals surface area contributed by atoms with Crippen LogP contribution in [0.3, 0.4) is 0 Å². The average Bonchev–Trinajstić information content (AvgIpc) is 3.54. The normalized spacial score (nSPS) is 11.9. The van der Waals surface area contributed by atoms with Crippen molar-refractivity contribution in [2.24, 2.45) is 0 Å². The molecule has 0 saturated heterocycles. The van der Waals surface area contributed by atoms with E-state index in [1.165, 1.54) is 11.4 Å². The maximum Gasteiger partial charge on any atom is 2.00 e. The Balaban J connectivity index is 0.000000178. The van der Waals surface area contributed by atoms with Gasteiger partial charge in [-0.25, -0.2) is 0 Å². The van der Waals surface area contributed by atoms with Crippen molar-refractivity contribution in [1.29, 1.82) is 0 Å². The van der Waals surface area contributed by atoms with Crippen molar-refractivity contribution < 1.29 is 21.1 Å². The molecule has 5 aromatic rings. The Bertz CT molecular complexity index is 1340. The zero-order valence-electron chi connectivity index (χ0n) is 21.3. The molecule has 187 valence electrons. The molecule has 8 heteroatoms. The van der Waals surface area contributed by atoms with Crippen LogP contribution in [0.1, 0.15) is 22.8 Å². The molecule has 0 N–H and O–H groups in total. The first-order chi connectivity index (χ1) is 17.5. The molecule has 1 radical (unpaired) electrons. The third-order valence-electron chi connectivity index (χ3n) is 5.93. The first-order valence-corrected chi connectivity index (χ1v) is 11.9. The van der Waals surface area contributed by atoms with Gasteiger partial charge < -0.3 is 9.80 Å². The van der Waals surface area contributed by atoms with Crippen LogP contribution in [0.5, 0.6) is 0 Å². The molecule has 0 fully saturated rings. The van der Waals surface area contributed by atoms with Gasteiger partial charge >= 0.3 is 28.6 Å². The molecule has 0 aliphatic carbocycles. The maximum absolute atomic E-state index is 4.36. The van der Waals surface area contributed by atoms with Gasteiger partial charge in [0.05, 0.1) is 11.4 Å². The van der Waals surface area contributed by atoms with Gasteiger partial charge in [0.2, 0.25) is 0 Å². The molecule has 0 bridgehead atoms. The number of nitrogens with zero attached hydrogens (tertiary/aromatic N) is 6. The van der Waals surface area contributed by atoms with Gasteiger partial charge in [-0.2, -0.15) is 40.5 Å². The minimum absolute atomic E-state index is 0. The van der Waals surface area contributed by atoms with E-state index in [4.69, 9.17) is 0 Å². The van der Waals surface area contributed by atoms with Crippen molar-refractivity contribution in [2.45, 2.75) is 27.7 Å². The van der Waals surface area contributed by atoms with Gasteiger partial charge in [-0.1, -0.05) is 30.3 Å². The first kappa shape index (κ1) is 26.5. The topological polar surface area (TPSA) is 42.1 Å². The minimum Gasteiger partial charge on any atom is -0.493 e. The Hall–Kier alpha value is -3.57. The van der Waals surface area contributed by atoms with Crippen molar-refractivity contribution in [3.8, 4) is 0 Å². The van der Waals surface area contributed by atoms with Crippen LogP contribution in [0.25, 0.3) is 0 Å². The Kier molecular flexibility index (Phi) is 8.35. The number of benzene rings is 3. The molecule has 0 unspecified atom stereocenters. The summed E-state index contributed by atoms with van der Waals surface area (Å²) in [6, 6.07) is 34.2. The third kappa shape index (κ3) is 5.89. The van der Waals surface area contributed by atoms with Crippen LogP contribution in [0.15, 0.2) is 91.0 Å². The van der Waals surface area contributed by atoms with E-state index in [1.54, 1.807) is 0 Å². The summed E-state index contributed by atoms with van der Waals surface area (Å²) in [5.41, 5.74) is 8.81. The quantitative estimate of drug-likeness (QED) is 0.171. The maximum atomic E-state index is 4.36. The summed E-state index contributed by atoms with van der Waals surface area (Å²) in [6.07, 6.45) is 0. The van der Waals surface area contributed by atoms with E-state index in [1.807, 2.05) is 80.8 Å². The second-order valence-electron chi connectivity index (χ2n) is 8.79.